The summed E-state index contributed by atoms with van der Waals surface area (Å²) < 4.78 is 27.1. The van der Waals surface area contributed by atoms with Crippen molar-refractivity contribution in [2.45, 2.75) is 24.3 Å². The summed E-state index contributed by atoms with van der Waals surface area (Å²) in [5.41, 5.74) is 0.563. The Hall–Kier alpha value is -1.70. The lowest BCUT2D eigenvalue weighted by Crippen LogP contribution is -2.26. The molecule has 0 amide bonds. The van der Waals surface area contributed by atoms with Crippen molar-refractivity contribution < 1.29 is 18.3 Å². The quantitative estimate of drug-likeness (QED) is 0.854. The highest BCUT2D eigenvalue weighted by Crippen LogP contribution is 2.21. The molecular formula is C14H15NO4S2. The van der Waals surface area contributed by atoms with Crippen LogP contribution < -0.4 is 4.72 Å². The molecule has 1 heterocycles. The predicted octanol–water partition coefficient (Wildman–Crippen LogP) is 2.41. The van der Waals surface area contributed by atoms with Crippen molar-refractivity contribution in [1.82, 2.24) is 4.72 Å². The van der Waals surface area contributed by atoms with Gasteiger partial charge in [0.05, 0.1) is 17.4 Å². The predicted molar refractivity (Wildman–Crippen MR) is 80.8 cm³/mol. The molecule has 0 aliphatic heterocycles. The minimum absolute atomic E-state index is 0.125. The molecule has 0 radical (unpaired) electrons. The van der Waals surface area contributed by atoms with E-state index in [2.05, 4.69) is 4.72 Å². The van der Waals surface area contributed by atoms with E-state index in [-0.39, 0.29) is 17.4 Å². The van der Waals surface area contributed by atoms with Gasteiger partial charge in [-0.15, -0.1) is 11.3 Å². The van der Waals surface area contributed by atoms with Crippen LogP contribution in [0, 0.1) is 0 Å². The van der Waals surface area contributed by atoms with Gasteiger partial charge in [0.25, 0.3) is 0 Å². The van der Waals surface area contributed by atoms with Gasteiger partial charge in [-0.25, -0.2) is 13.1 Å². The van der Waals surface area contributed by atoms with Gasteiger partial charge >= 0.3 is 5.97 Å². The minimum Gasteiger partial charge on any atom is -0.481 e. The number of nitrogens with one attached hydrogen (secondary N) is 1. The summed E-state index contributed by atoms with van der Waals surface area (Å²) in [7, 11) is -3.62. The Kier molecular flexibility index (Phi) is 4.76. The number of carboxylic acids is 1. The molecule has 2 N–H and O–H groups in total. The first-order chi connectivity index (χ1) is 9.88. The lowest BCUT2D eigenvalue weighted by molar-refractivity contribution is -0.136. The maximum Gasteiger partial charge on any atom is 0.307 e. The summed E-state index contributed by atoms with van der Waals surface area (Å²) >= 11 is 1.48. The number of sulfonamides is 1. The number of carbonyl (C=O) groups is 1. The first-order valence-corrected chi connectivity index (χ1v) is 8.61. The molecule has 0 bridgehead atoms. The molecule has 0 aliphatic carbocycles. The largest absolute Gasteiger partial charge is 0.481 e. The SMILES string of the molecule is CC(NS(=O)(=O)c1ccc(CC(=O)O)cc1)c1cccs1. The smallest absolute Gasteiger partial charge is 0.307 e. The Morgan fingerprint density at radius 2 is 1.95 bits per heavy atom. The van der Waals surface area contributed by atoms with Crippen LogP contribution in [0.3, 0.4) is 0 Å². The van der Waals surface area contributed by atoms with Crippen LogP contribution in [0.2, 0.25) is 0 Å². The molecule has 0 saturated heterocycles. The molecule has 1 aromatic heterocycles. The van der Waals surface area contributed by atoms with Crippen LogP contribution in [0.15, 0.2) is 46.7 Å². The van der Waals surface area contributed by atoms with Gasteiger partial charge in [0.15, 0.2) is 0 Å². The maximum absolute atomic E-state index is 12.2. The zero-order valence-corrected chi connectivity index (χ0v) is 12.9. The number of carboxylic acid groups (broad SMARTS) is 1. The molecule has 5 nitrogen and oxygen atoms in total. The van der Waals surface area contributed by atoms with E-state index in [0.29, 0.717) is 5.56 Å². The molecule has 21 heavy (non-hydrogen) atoms. The third-order valence-corrected chi connectivity index (χ3v) is 5.50. The van der Waals surface area contributed by atoms with E-state index in [4.69, 9.17) is 5.11 Å². The summed E-state index contributed by atoms with van der Waals surface area (Å²) in [4.78, 5) is 11.7. The van der Waals surface area contributed by atoms with Gasteiger partial charge in [-0.2, -0.15) is 0 Å². The van der Waals surface area contributed by atoms with Crippen LogP contribution >= 0.6 is 11.3 Å². The third kappa shape index (κ3) is 4.13. The van der Waals surface area contributed by atoms with E-state index >= 15 is 0 Å². The Bertz CT molecular complexity index is 706. The van der Waals surface area contributed by atoms with Crippen molar-refractivity contribution in [3.05, 3.63) is 52.2 Å². The molecule has 1 unspecified atom stereocenters. The molecular weight excluding hydrogens is 310 g/mol. The molecule has 2 rings (SSSR count). The van der Waals surface area contributed by atoms with Crippen LogP contribution in [0.1, 0.15) is 23.4 Å². The van der Waals surface area contributed by atoms with Crippen molar-refractivity contribution in [2.75, 3.05) is 0 Å². The third-order valence-electron chi connectivity index (χ3n) is 2.89. The van der Waals surface area contributed by atoms with Gasteiger partial charge in [-0.05, 0) is 36.1 Å². The Morgan fingerprint density at radius 1 is 1.29 bits per heavy atom. The number of rotatable bonds is 6. The molecule has 0 aliphatic rings. The second-order valence-corrected chi connectivity index (χ2v) is 7.27. The van der Waals surface area contributed by atoms with E-state index in [1.807, 2.05) is 17.5 Å². The zero-order valence-electron chi connectivity index (χ0n) is 11.3. The summed E-state index contributed by atoms with van der Waals surface area (Å²) in [6, 6.07) is 9.29. The average molecular weight is 325 g/mol. The van der Waals surface area contributed by atoms with Crippen molar-refractivity contribution in [2.24, 2.45) is 0 Å². The highest BCUT2D eigenvalue weighted by Gasteiger charge is 2.18. The fourth-order valence-corrected chi connectivity index (χ4v) is 3.89. The number of benzene rings is 1. The lowest BCUT2D eigenvalue weighted by atomic mass is 10.2. The van der Waals surface area contributed by atoms with Gasteiger partial charge in [-0.1, -0.05) is 18.2 Å². The first kappa shape index (κ1) is 15.7. The highest BCUT2D eigenvalue weighted by atomic mass is 32.2. The van der Waals surface area contributed by atoms with E-state index in [1.54, 1.807) is 6.92 Å². The fraction of sp³-hybridized carbons (Fsp3) is 0.214. The summed E-state index contributed by atoms with van der Waals surface area (Å²) in [6.45, 7) is 1.78. The van der Waals surface area contributed by atoms with Gasteiger partial charge in [0, 0.05) is 4.88 Å². The van der Waals surface area contributed by atoms with Crippen LogP contribution in [-0.4, -0.2) is 19.5 Å². The van der Waals surface area contributed by atoms with Crippen LogP contribution in [-0.2, 0) is 21.2 Å². The van der Waals surface area contributed by atoms with Gasteiger partial charge < -0.3 is 5.11 Å². The first-order valence-electron chi connectivity index (χ1n) is 6.25. The van der Waals surface area contributed by atoms with Gasteiger partial charge in [0.2, 0.25) is 10.0 Å². The van der Waals surface area contributed by atoms with Gasteiger partial charge in [-0.3, -0.25) is 4.79 Å². The van der Waals surface area contributed by atoms with Crippen molar-refractivity contribution in [1.29, 1.82) is 0 Å². The van der Waals surface area contributed by atoms with E-state index < -0.39 is 16.0 Å². The van der Waals surface area contributed by atoms with E-state index in [9.17, 15) is 13.2 Å². The Balaban J connectivity index is 2.14. The summed E-state index contributed by atoms with van der Waals surface area (Å²) in [5.74, 6) is -0.949. The van der Waals surface area contributed by atoms with Crippen LogP contribution in [0.5, 0.6) is 0 Å². The molecule has 0 saturated carbocycles. The van der Waals surface area contributed by atoms with E-state index in [1.165, 1.54) is 35.6 Å². The second-order valence-electron chi connectivity index (χ2n) is 4.57. The normalized spacial score (nSPS) is 13.0. The van der Waals surface area contributed by atoms with E-state index in [0.717, 1.165) is 4.88 Å². The molecule has 7 heteroatoms. The van der Waals surface area contributed by atoms with Crippen LogP contribution in [0.4, 0.5) is 0 Å². The molecule has 1 aromatic carbocycles. The molecule has 112 valence electrons. The standard InChI is InChI=1S/C14H15NO4S2/c1-10(13-3-2-8-20-13)15-21(18,19)12-6-4-11(5-7-12)9-14(16)17/h2-8,10,15H,9H2,1H3,(H,16,17). The highest BCUT2D eigenvalue weighted by molar-refractivity contribution is 7.89. The number of hydrogen-bond acceptors (Lipinski definition) is 4. The van der Waals surface area contributed by atoms with Gasteiger partial charge in [0.1, 0.15) is 0 Å². The Morgan fingerprint density at radius 3 is 2.48 bits per heavy atom. The monoisotopic (exact) mass is 325 g/mol. The Labute approximate surface area is 127 Å². The number of aliphatic carboxylic acids is 1. The van der Waals surface area contributed by atoms with Crippen LogP contribution in [0.25, 0.3) is 0 Å². The topological polar surface area (TPSA) is 83.5 Å². The number of hydrogen-bond donors (Lipinski definition) is 2. The molecule has 0 spiro atoms. The second kappa shape index (κ2) is 6.38. The summed E-state index contributed by atoms with van der Waals surface area (Å²) in [5, 5.41) is 10.6. The zero-order chi connectivity index (χ0) is 15.5. The van der Waals surface area contributed by atoms with Crippen molar-refractivity contribution in [3.63, 3.8) is 0 Å². The lowest BCUT2D eigenvalue weighted by Gasteiger charge is -2.13. The molecule has 1 atom stereocenters. The fourth-order valence-electron chi connectivity index (χ4n) is 1.86. The maximum atomic E-state index is 12.2. The van der Waals surface area contributed by atoms with Crippen molar-refractivity contribution in [3.8, 4) is 0 Å². The molecule has 0 fully saturated rings. The number of thiophene rings is 1. The molecule has 2 aromatic rings. The summed E-state index contributed by atoms with van der Waals surface area (Å²) in [6.07, 6.45) is -0.126. The van der Waals surface area contributed by atoms with Crippen molar-refractivity contribution >= 4 is 27.3 Å². The average Bonchev–Trinajstić information content (AvgIpc) is 2.92. The minimum atomic E-state index is -3.62.